The molecule has 1 aliphatic heterocycles. The molecule has 0 unspecified atom stereocenters. The highest BCUT2D eigenvalue weighted by molar-refractivity contribution is 6.31. The normalized spacial score (nSPS) is 15.7. The Labute approximate surface area is 189 Å². The fourth-order valence-electron chi connectivity index (χ4n) is 3.47. The number of anilines is 3. The second-order valence-electron chi connectivity index (χ2n) is 7.32. The number of hydrogen-bond donors (Lipinski definition) is 3. The van der Waals surface area contributed by atoms with Crippen LogP contribution in [-0.4, -0.2) is 48.8 Å². The molecule has 0 saturated carbocycles. The molecule has 0 aliphatic carbocycles. The van der Waals surface area contributed by atoms with Crippen LogP contribution in [0.5, 0.6) is 5.75 Å². The Hall–Kier alpha value is -3.01. The van der Waals surface area contributed by atoms with E-state index in [4.69, 9.17) is 21.1 Å². The Bertz CT molecular complexity index is 1120. The SMILES string of the molecule is COCCOc1cc2ncnc(Nc3ccc(F)c(Cl)c3)c2cc1NC(=O)[C@@H]1CCCN1. The van der Waals surface area contributed by atoms with E-state index in [1.54, 1.807) is 25.3 Å². The lowest BCUT2D eigenvalue weighted by molar-refractivity contribution is -0.117. The molecular weight excluding hydrogens is 437 g/mol. The minimum Gasteiger partial charge on any atom is -0.489 e. The molecule has 2 heterocycles. The quantitative estimate of drug-likeness (QED) is 0.440. The lowest BCUT2D eigenvalue weighted by Crippen LogP contribution is -2.35. The average Bonchev–Trinajstić information content (AvgIpc) is 3.32. The van der Waals surface area contributed by atoms with Gasteiger partial charge in [-0.15, -0.1) is 0 Å². The highest BCUT2D eigenvalue weighted by atomic mass is 35.5. The van der Waals surface area contributed by atoms with Crippen molar-refractivity contribution in [3.63, 3.8) is 0 Å². The van der Waals surface area contributed by atoms with Crippen molar-refractivity contribution in [3.8, 4) is 5.75 Å². The van der Waals surface area contributed by atoms with E-state index in [1.165, 1.54) is 18.5 Å². The van der Waals surface area contributed by atoms with Crippen molar-refractivity contribution in [1.29, 1.82) is 0 Å². The van der Waals surface area contributed by atoms with Crippen molar-refractivity contribution < 1.29 is 18.7 Å². The third kappa shape index (κ3) is 5.07. The number of nitrogens with one attached hydrogen (secondary N) is 3. The van der Waals surface area contributed by atoms with Gasteiger partial charge in [0, 0.05) is 24.2 Å². The number of fused-ring (bicyclic) bond motifs is 1. The number of hydrogen-bond acceptors (Lipinski definition) is 7. The summed E-state index contributed by atoms with van der Waals surface area (Å²) < 4.78 is 24.4. The van der Waals surface area contributed by atoms with Gasteiger partial charge in [0.05, 0.1) is 28.9 Å². The average molecular weight is 460 g/mol. The molecule has 0 spiro atoms. The zero-order valence-electron chi connectivity index (χ0n) is 17.5. The summed E-state index contributed by atoms with van der Waals surface area (Å²) in [6.07, 6.45) is 3.14. The Morgan fingerprint density at radius 2 is 2.16 bits per heavy atom. The number of nitrogens with zero attached hydrogens (tertiary/aromatic N) is 2. The zero-order chi connectivity index (χ0) is 22.5. The molecule has 168 valence electrons. The smallest absolute Gasteiger partial charge is 0.241 e. The van der Waals surface area contributed by atoms with E-state index in [1.807, 2.05) is 0 Å². The number of ether oxygens (including phenoxy) is 2. The van der Waals surface area contributed by atoms with Gasteiger partial charge in [0.15, 0.2) is 0 Å². The maximum Gasteiger partial charge on any atom is 0.241 e. The van der Waals surface area contributed by atoms with Gasteiger partial charge >= 0.3 is 0 Å². The third-order valence-corrected chi connectivity index (χ3v) is 5.39. The molecular formula is C22H23ClFN5O3. The Morgan fingerprint density at radius 3 is 2.91 bits per heavy atom. The second kappa shape index (κ2) is 10.1. The minimum atomic E-state index is -0.506. The van der Waals surface area contributed by atoms with E-state index in [9.17, 15) is 9.18 Å². The van der Waals surface area contributed by atoms with Crippen molar-refractivity contribution in [2.24, 2.45) is 0 Å². The summed E-state index contributed by atoms with van der Waals surface area (Å²) in [4.78, 5) is 21.4. The van der Waals surface area contributed by atoms with Crippen molar-refractivity contribution >= 4 is 45.6 Å². The van der Waals surface area contributed by atoms with E-state index in [2.05, 4.69) is 25.9 Å². The van der Waals surface area contributed by atoms with Crippen molar-refractivity contribution in [3.05, 3.63) is 47.5 Å². The lowest BCUT2D eigenvalue weighted by atomic mass is 10.1. The van der Waals surface area contributed by atoms with E-state index < -0.39 is 5.82 Å². The van der Waals surface area contributed by atoms with E-state index in [0.717, 1.165) is 19.4 Å². The van der Waals surface area contributed by atoms with Crippen LogP contribution in [0.3, 0.4) is 0 Å². The number of halogens is 2. The maximum atomic E-state index is 13.5. The maximum absolute atomic E-state index is 13.5. The molecule has 1 amide bonds. The van der Waals surface area contributed by atoms with Gasteiger partial charge in [0.25, 0.3) is 0 Å². The van der Waals surface area contributed by atoms with Gasteiger partial charge in [-0.2, -0.15) is 0 Å². The number of rotatable bonds is 8. The first-order chi connectivity index (χ1) is 15.5. The van der Waals surface area contributed by atoms with E-state index >= 15 is 0 Å². The van der Waals surface area contributed by atoms with Gasteiger partial charge in [0.2, 0.25) is 5.91 Å². The van der Waals surface area contributed by atoms with Gasteiger partial charge in [0.1, 0.15) is 30.3 Å². The first-order valence-electron chi connectivity index (χ1n) is 10.2. The molecule has 1 aliphatic rings. The largest absolute Gasteiger partial charge is 0.489 e. The standard InChI is InChI=1S/C22H23ClFN5O3/c1-31-7-8-32-20-11-18-14(10-19(20)29-22(30)17-3-2-6-25-17)21(27-12-26-18)28-13-4-5-16(24)15(23)9-13/h4-5,9-12,17,25H,2-3,6-8H2,1H3,(H,29,30)(H,26,27,28)/t17-/m0/s1. The van der Waals surface area contributed by atoms with Gasteiger partial charge < -0.3 is 25.4 Å². The predicted molar refractivity (Wildman–Crippen MR) is 121 cm³/mol. The van der Waals surface area contributed by atoms with Crippen LogP contribution >= 0.6 is 11.6 Å². The minimum absolute atomic E-state index is 0.000734. The summed E-state index contributed by atoms with van der Waals surface area (Å²) in [6.45, 7) is 1.53. The van der Waals surface area contributed by atoms with Crippen LogP contribution < -0.4 is 20.7 Å². The molecule has 1 fully saturated rings. The third-order valence-electron chi connectivity index (χ3n) is 5.10. The highest BCUT2D eigenvalue weighted by Gasteiger charge is 2.23. The van der Waals surface area contributed by atoms with Crippen LogP contribution in [0.2, 0.25) is 5.02 Å². The fourth-order valence-corrected chi connectivity index (χ4v) is 3.65. The van der Waals surface area contributed by atoms with Crippen LogP contribution in [-0.2, 0) is 9.53 Å². The monoisotopic (exact) mass is 459 g/mol. The first kappa shape index (κ1) is 22.2. The molecule has 8 nitrogen and oxygen atoms in total. The molecule has 3 N–H and O–H groups in total. The number of carbonyl (C=O) groups excluding carboxylic acids is 1. The van der Waals surface area contributed by atoms with E-state index in [0.29, 0.717) is 47.1 Å². The second-order valence-corrected chi connectivity index (χ2v) is 7.73. The van der Waals surface area contributed by atoms with Gasteiger partial charge in [-0.1, -0.05) is 11.6 Å². The summed E-state index contributed by atoms with van der Waals surface area (Å²) in [5, 5.41) is 9.93. The summed E-state index contributed by atoms with van der Waals surface area (Å²) >= 11 is 5.90. The highest BCUT2D eigenvalue weighted by Crippen LogP contribution is 2.34. The Kier molecular flexibility index (Phi) is 6.99. The summed E-state index contributed by atoms with van der Waals surface area (Å²) in [5.41, 5.74) is 1.68. The van der Waals surface area contributed by atoms with E-state index in [-0.39, 0.29) is 17.0 Å². The first-order valence-corrected chi connectivity index (χ1v) is 10.6. The van der Waals surface area contributed by atoms with Gasteiger partial charge in [-0.3, -0.25) is 4.79 Å². The zero-order valence-corrected chi connectivity index (χ0v) is 18.2. The number of aromatic nitrogens is 2. The number of carbonyl (C=O) groups is 1. The summed E-state index contributed by atoms with van der Waals surface area (Å²) in [6, 6.07) is 7.57. The van der Waals surface area contributed by atoms with Crippen molar-refractivity contribution in [2.75, 3.05) is 37.5 Å². The predicted octanol–water partition coefficient (Wildman–Crippen LogP) is 3.88. The van der Waals surface area contributed by atoms with Crippen LogP contribution in [0, 0.1) is 5.82 Å². The van der Waals surface area contributed by atoms with Crippen LogP contribution in [0.25, 0.3) is 10.9 Å². The Balaban J connectivity index is 1.69. The molecule has 0 radical (unpaired) electrons. The van der Waals surface area contributed by atoms with Crippen molar-refractivity contribution in [1.82, 2.24) is 15.3 Å². The fraction of sp³-hybridized carbons (Fsp3) is 0.318. The summed E-state index contributed by atoms with van der Waals surface area (Å²) in [7, 11) is 1.59. The number of benzene rings is 2. The molecule has 1 aromatic heterocycles. The molecule has 2 aromatic carbocycles. The molecule has 32 heavy (non-hydrogen) atoms. The molecule has 3 aromatic rings. The number of methoxy groups -OCH3 is 1. The topological polar surface area (TPSA) is 97.4 Å². The van der Waals surface area contributed by atoms with Crippen molar-refractivity contribution in [2.45, 2.75) is 18.9 Å². The van der Waals surface area contributed by atoms with Gasteiger partial charge in [-0.05, 0) is 43.7 Å². The molecule has 4 rings (SSSR count). The van der Waals surface area contributed by atoms with Crippen LogP contribution in [0.15, 0.2) is 36.7 Å². The number of amides is 1. The van der Waals surface area contributed by atoms with Crippen LogP contribution in [0.1, 0.15) is 12.8 Å². The van der Waals surface area contributed by atoms with Crippen LogP contribution in [0.4, 0.5) is 21.6 Å². The molecule has 1 atom stereocenters. The molecule has 1 saturated heterocycles. The lowest BCUT2D eigenvalue weighted by Gasteiger charge is -2.17. The summed E-state index contributed by atoms with van der Waals surface area (Å²) in [5.74, 6) is 0.328. The Morgan fingerprint density at radius 1 is 1.28 bits per heavy atom. The molecule has 10 heteroatoms. The van der Waals surface area contributed by atoms with Gasteiger partial charge in [-0.25, -0.2) is 14.4 Å². The molecule has 0 bridgehead atoms.